The minimum absolute atomic E-state index is 0.00289. The summed E-state index contributed by atoms with van der Waals surface area (Å²) >= 11 is 0. The van der Waals surface area contributed by atoms with Gasteiger partial charge in [-0.1, -0.05) is 26.0 Å². The van der Waals surface area contributed by atoms with Crippen LogP contribution in [0.4, 0.5) is 5.69 Å². The van der Waals surface area contributed by atoms with Gasteiger partial charge in [-0.05, 0) is 68.0 Å². The first-order valence-electron chi connectivity index (χ1n) is 11.7. The highest BCUT2D eigenvalue weighted by Gasteiger charge is 2.27. The summed E-state index contributed by atoms with van der Waals surface area (Å²) in [5, 5.41) is 0.181. The van der Waals surface area contributed by atoms with Gasteiger partial charge in [-0.25, -0.2) is 8.42 Å². The summed E-state index contributed by atoms with van der Waals surface area (Å²) in [6.45, 7) is 6.76. The highest BCUT2D eigenvalue weighted by Crippen LogP contribution is 2.26. The number of nitrogens with zero attached hydrogens (tertiary/aromatic N) is 2. The fourth-order valence-electron chi connectivity index (χ4n) is 4.44. The van der Waals surface area contributed by atoms with Gasteiger partial charge in [0, 0.05) is 36.7 Å². The first-order chi connectivity index (χ1) is 16.1. The van der Waals surface area contributed by atoms with Gasteiger partial charge in [0.15, 0.2) is 0 Å². The molecule has 4 rings (SSSR count). The summed E-state index contributed by atoms with van der Waals surface area (Å²) in [4.78, 5) is 31.1. The Balaban J connectivity index is 1.71. The third-order valence-corrected chi connectivity index (χ3v) is 8.51. The van der Waals surface area contributed by atoms with Crippen LogP contribution >= 0.6 is 0 Å². The lowest BCUT2D eigenvalue weighted by Gasteiger charge is -2.33. The maximum Gasteiger partial charge on any atom is 0.264 e. The third kappa shape index (κ3) is 4.34. The van der Waals surface area contributed by atoms with E-state index in [0.717, 1.165) is 24.8 Å². The van der Waals surface area contributed by atoms with Gasteiger partial charge in [-0.15, -0.1) is 0 Å². The van der Waals surface area contributed by atoms with E-state index >= 15 is 0 Å². The summed E-state index contributed by atoms with van der Waals surface area (Å²) in [6.07, 6.45) is 4.32. The van der Waals surface area contributed by atoms with E-state index in [9.17, 15) is 18.0 Å². The molecular weight excluding hydrogens is 450 g/mol. The van der Waals surface area contributed by atoms with Crippen molar-refractivity contribution in [1.82, 2.24) is 9.88 Å². The van der Waals surface area contributed by atoms with Crippen LogP contribution in [-0.2, 0) is 10.0 Å². The number of hydrogen-bond acceptors (Lipinski definition) is 4. The maximum absolute atomic E-state index is 13.4. The summed E-state index contributed by atoms with van der Waals surface area (Å²) < 4.78 is 27.9. The van der Waals surface area contributed by atoms with E-state index in [2.05, 4.69) is 18.8 Å². The number of benzene rings is 2. The molecule has 1 fully saturated rings. The number of aromatic nitrogens is 1. The Morgan fingerprint density at radius 3 is 2.47 bits per heavy atom. The molecule has 1 unspecified atom stereocenters. The van der Waals surface area contributed by atoms with Crippen LogP contribution in [0.15, 0.2) is 58.4 Å². The van der Waals surface area contributed by atoms with Crippen LogP contribution in [0, 0.1) is 0 Å². The number of anilines is 1. The molecular formula is C26H31N3O4S. The lowest BCUT2D eigenvalue weighted by atomic mass is 10.0. The van der Waals surface area contributed by atoms with E-state index < -0.39 is 15.5 Å². The highest BCUT2D eigenvalue weighted by atomic mass is 32.2. The monoisotopic (exact) mass is 481 g/mol. The van der Waals surface area contributed by atoms with E-state index in [1.165, 1.54) is 29.7 Å². The molecule has 1 aliphatic heterocycles. The van der Waals surface area contributed by atoms with Crippen molar-refractivity contribution < 1.29 is 13.2 Å². The van der Waals surface area contributed by atoms with Crippen molar-refractivity contribution in [2.45, 2.75) is 56.9 Å². The molecule has 1 aromatic heterocycles. The number of carbonyl (C=O) groups excluding carboxylic acids is 1. The molecule has 1 aliphatic rings. The molecule has 2 heterocycles. The van der Waals surface area contributed by atoms with Crippen LogP contribution in [0.5, 0.6) is 0 Å². The Morgan fingerprint density at radius 2 is 1.82 bits per heavy atom. The van der Waals surface area contributed by atoms with Crippen LogP contribution in [-0.4, -0.2) is 43.8 Å². The molecule has 7 nitrogen and oxygen atoms in total. The molecule has 0 bridgehead atoms. The maximum atomic E-state index is 13.4. The fraction of sp³-hybridized carbons (Fsp3) is 0.385. The Morgan fingerprint density at radius 1 is 1.12 bits per heavy atom. The lowest BCUT2D eigenvalue weighted by molar-refractivity contribution is 0.0634. The second-order valence-electron chi connectivity index (χ2n) is 9.30. The minimum atomic E-state index is -3.91. The van der Waals surface area contributed by atoms with Crippen molar-refractivity contribution in [2.24, 2.45) is 0 Å². The lowest BCUT2D eigenvalue weighted by Crippen LogP contribution is -2.43. The Bertz CT molecular complexity index is 1380. The SMILES string of the molecule is CC(C)c1ccc(N(C)S(=O)(=O)c2ccc3[nH]cc(C(=O)N4CCCCC4C)c(=O)c3c2)cc1. The van der Waals surface area contributed by atoms with Gasteiger partial charge >= 0.3 is 0 Å². The molecule has 3 aromatic rings. The zero-order valence-corrected chi connectivity index (χ0v) is 20.9. The first kappa shape index (κ1) is 24.0. The quantitative estimate of drug-likeness (QED) is 0.581. The Kier molecular flexibility index (Phi) is 6.53. The van der Waals surface area contributed by atoms with Gasteiger partial charge in [-0.3, -0.25) is 13.9 Å². The number of fused-ring (bicyclic) bond motifs is 1. The molecule has 8 heteroatoms. The number of pyridine rings is 1. The molecule has 1 saturated heterocycles. The molecule has 0 aliphatic carbocycles. The van der Waals surface area contributed by atoms with Crippen molar-refractivity contribution >= 4 is 32.5 Å². The highest BCUT2D eigenvalue weighted by molar-refractivity contribution is 7.92. The number of amides is 1. The molecule has 1 atom stereocenters. The van der Waals surface area contributed by atoms with Crippen LogP contribution in [0.25, 0.3) is 10.9 Å². The molecule has 180 valence electrons. The van der Waals surface area contributed by atoms with Crippen LogP contribution in [0.1, 0.15) is 61.9 Å². The van der Waals surface area contributed by atoms with Gasteiger partial charge in [0.1, 0.15) is 5.56 Å². The average Bonchev–Trinajstić information content (AvgIpc) is 2.83. The second-order valence-corrected chi connectivity index (χ2v) is 11.3. The van der Waals surface area contributed by atoms with Crippen molar-refractivity contribution in [1.29, 1.82) is 0 Å². The summed E-state index contributed by atoms with van der Waals surface area (Å²) in [5.41, 5.74) is 1.70. The number of likely N-dealkylation sites (tertiary alicyclic amines) is 1. The van der Waals surface area contributed by atoms with Crippen molar-refractivity contribution in [3.05, 3.63) is 70.0 Å². The van der Waals surface area contributed by atoms with Gasteiger partial charge < -0.3 is 9.88 Å². The standard InChI is InChI=1S/C26H31N3O4S/c1-17(2)19-8-10-20(11-9-19)28(4)34(32,33)21-12-13-24-22(15-21)25(30)23(16-27-24)26(31)29-14-6-5-7-18(29)3/h8-13,15-18H,5-7,14H2,1-4H3,(H,27,30). The normalized spacial score (nSPS) is 16.7. The number of hydrogen-bond donors (Lipinski definition) is 1. The van der Waals surface area contributed by atoms with Crippen LogP contribution in [0.2, 0.25) is 0 Å². The molecule has 2 aromatic carbocycles. The van der Waals surface area contributed by atoms with Gasteiger partial charge in [-0.2, -0.15) is 0 Å². The summed E-state index contributed by atoms with van der Waals surface area (Å²) in [5.74, 6) is 0.0268. The number of aromatic amines is 1. The number of piperidine rings is 1. The topological polar surface area (TPSA) is 90.6 Å². The smallest absolute Gasteiger partial charge is 0.264 e. The number of nitrogens with one attached hydrogen (secondary N) is 1. The minimum Gasteiger partial charge on any atom is -0.360 e. The molecule has 1 N–H and O–H groups in total. The Labute approximate surface area is 200 Å². The van der Waals surface area contributed by atoms with Gasteiger partial charge in [0.2, 0.25) is 5.43 Å². The van der Waals surface area contributed by atoms with E-state index in [0.29, 0.717) is 23.7 Å². The zero-order valence-electron chi connectivity index (χ0n) is 20.0. The number of H-pyrrole nitrogens is 1. The number of rotatable bonds is 5. The van der Waals surface area contributed by atoms with Crippen molar-refractivity contribution in [3.8, 4) is 0 Å². The Hall–Kier alpha value is -3.13. The number of sulfonamides is 1. The van der Waals surface area contributed by atoms with E-state index in [1.54, 1.807) is 23.1 Å². The van der Waals surface area contributed by atoms with Crippen molar-refractivity contribution in [3.63, 3.8) is 0 Å². The van der Waals surface area contributed by atoms with Crippen LogP contribution in [0.3, 0.4) is 0 Å². The second kappa shape index (κ2) is 9.25. The van der Waals surface area contributed by atoms with Crippen LogP contribution < -0.4 is 9.73 Å². The van der Waals surface area contributed by atoms with E-state index in [4.69, 9.17) is 0 Å². The van der Waals surface area contributed by atoms with E-state index in [1.807, 2.05) is 19.1 Å². The molecule has 0 radical (unpaired) electrons. The molecule has 0 spiro atoms. The predicted molar refractivity (Wildman–Crippen MR) is 135 cm³/mol. The first-order valence-corrected chi connectivity index (χ1v) is 13.1. The molecule has 1 amide bonds. The molecule has 0 saturated carbocycles. The third-order valence-electron chi connectivity index (χ3n) is 6.73. The predicted octanol–water partition coefficient (Wildman–Crippen LogP) is 4.49. The zero-order chi connectivity index (χ0) is 24.6. The van der Waals surface area contributed by atoms with Crippen molar-refractivity contribution in [2.75, 3.05) is 17.9 Å². The van der Waals surface area contributed by atoms with Gasteiger partial charge in [0.05, 0.1) is 10.6 Å². The summed E-state index contributed by atoms with van der Waals surface area (Å²) in [7, 11) is -2.42. The van der Waals surface area contributed by atoms with E-state index in [-0.39, 0.29) is 27.8 Å². The van der Waals surface area contributed by atoms with Gasteiger partial charge in [0.25, 0.3) is 15.9 Å². The average molecular weight is 482 g/mol. The largest absolute Gasteiger partial charge is 0.360 e. The molecule has 34 heavy (non-hydrogen) atoms. The fourth-order valence-corrected chi connectivity index (χ4v) is 5.66. The number of carbonyl (C=O) groups is 1. The summed E-state index contributed by atoms with van der Waals surface area (Å²) in [6, 6.07) is 11.8.